The lowest BCUT2D eigenvalue weighted by Gasteiger charge is -2.23. The molecule has 0 saturated heterocycles. The monoisotopic (exact) mass is 321 g/mol. The van der Waals surface area contributed by atoms with Crippen molar-refractivity contribution in [2.75, 3.05) is 0 Å². The number of amides is 1. The van der Waals surface area contributed by atoms with Gasteiger partial charge in [0.25, 0.3) is 0 Å². The molecule has 6 nitrogen and oxygen atoms in total. The summed E-state index contributed by atoms with van der Waals surface area (Å²) < 4.78 is 5.19. The molecular formula is C17H23NO5. The van der Waals surface area contributed by atoms with E-state index in [1.807, 2.05) is 30.3 Å². The Morgan fingerprint density at radius 3 is 2.30 bits per heavy atom. The lowest BCUT2D eigenvalue weighted by Crippen LogP contribution is -2.41. The van der Waals surface area contributed by atoms with Crippen molar-refractivity contribution >= 4 is 17.8 Å². The molecule has 6 heteroatoms. The summed E-state index contributed by atoms with van der Waals surface area (Å²) in [6, 6.07) is 8.84. The maximum absolute atomic E-state index is 11.9. The van der Waals surface area contributed by atoms with E-state index in [0.717, 1.165) is 5.56 Å². The Balaban J connectivity index is 2.73. The van der Waals surface area contributed by atoms with E-state index < -0.39 is 35.9 Å². The van der Waals surface area contributed by atoms with Crippen LogP contribution in [0.15, 0.2) is 30.3 Å². The molecule has 0 spiro atoms. The summed E-state index contributed by atoms with van der Waals surface area (Å²) in [5.74, 6) is -1.61. The summed E-state index contributed by atoms with van der Waals surface area (Å²) in [4.78, 5) is 34.3. The van der Waals surface area contributed by atoms with Gasteiger partial charge in [-0.1, -0.05) is 30.3 Å². The van der Waals surface area contributed by atoms with Gasteiger partial charge >= 0.3 is 12.1 Å². The number of ether oxygens (including phenoxy) is 1. The summed E-state index contributed by atoms with van der Waals surface area (Å²) in [6.45, 7) is 5.23. The van der Waals surface area contributed by atoms with E-state index >= 15 is 0 Å². The van der Waals surface area contributed by atoms with Crippen molar-refractivity contribution in [1.82, 2.24) is 5.32 Å². The third kappa shape index (κ3) is 8.60. The first-order valence-electron chi connectivity index (χ1n) is 7.42. The van der Waals surface area contributed by atoms with Crippen molar-refractivity contribution in [3.63, 3.8) is 0 Å². The maximum atomic E-state index is 11.9. The molecule has 0 aliphatic heterocycles. The number of aliphatic carboxylic acids is 1. The molecule has 126 valence electrons. The Labute approximate surface area is 135 Å². The summed E-state index contributed by atoms with van der Waals surface area (Å²) in [6.07, 6.45) is -0.811. The minimum Gasteiger partial charge on any atom is -0.481 e. The fourth-order valence-electron chi connectivity index (χ4n) is 2.06. The molecule has 23 heavy (non-hydrogen) atoms. The zero-order valence-electron chi connectivity index (χ0n) is 13.7. The molecule has 0 heterocycles. The number of hydrogen-bond acceptors (Lipinski definition) is 4. The number of carboxylic acid groups (broad SMARTS) is 1. The molecule has 0 bridgehead atoms. The standard InChI is InChI=1S/C17H23NO5/c1-17(2,3)23-16(22)18-13(10-14(19)11-15(20)21)9-12-7-5-4-6-8-12/h4-8,13H,9-11H2,1-3H3,(H,18,22)(H,20,21). The molecule has 1 aromatic rings. The zero-order chi connectivity index (χ0) is 17.5. The molecule has 0 aromatic heterocycles. The van der Waals surface area contributed by atoms with Gasteiger partial charge in [-0.05, 0) is 32.8 Å². The summed E-state index contributed by atoms with van der Waals surface area (Å²) >= 11 is 0. The number of carbonyl (C=O) groups is 3. The molecule has 2 N–H and O–H groups in total. The second-order valence-electron chi connectivity index (χ2n) is 6.35. The SMILES string of the molecule is CC(C)(C)OC(=O)NC(CC(=O)CC(=O)O)Cc1ccccc1. The largest absolute Gasteiger partial charge is 0.481 e. The highest BCUT2D eigenvalue weighted by Crippen LogP contribution is 2.11. The molecule has 0 radical (unpaired) electrons. The molecule has 1 unspecified atom stereocenters. The van der Waals surface area contributed by atoms with Crippen LogP contribution in [0.3, 0.4) is 0 Å². The third-order valence-corrected chi connectivity index (χ3v) is 2.87. The number of carbonyl (C=O) groups excluding carboxylic acids is 2. The van der Waals surface area contributed by atoms with Gasteiger partial charge in [0.15, 0.2) is 0 Å². The fraction of sp³-hybridized carbons (Fsp3) is 0.471. The van der Waals surface area contributed by atoms with Crippen molar-refractivity contribution < 1.29 is 24.2 Å². The third-order valence-electron chi connectivity index (χ3n) is 2.87. The Morgan fingerprint density at radius 2 is 1.78 bits per heavy atom. The van der Waals surface area contributed by atoms with E-state index in [9.17, 15) is 14.4 Å². The van der Waals surface area contributed by atoms with Gasteiger partial charge in [0.05, 0.1) is 0 Å². The first-order valence-corrected chi connectivity index (χ1v) is 7.42. The Kier molecular flexibility index (Phi) is 6.75. The van der Waals surface area contributed by atoms with Crippen LogP contribution >= 0.6 is 0 Å². The van der Waals surface area contributed by atoms with Crippen LogP contribution in [-0.4, -0.2) is 34.6 Å². The summed E-state index contributed by atoms with van der Waals surface area (Å²) in [5.41, 5.74) is 0.295. The van der Waals surface area contributed by atoms with Crippen LogP contribution < -0.4 is 5.32 Å². The van der Waals surface area contributed by atoms with Gasteiger partial charge in [-0.15, -0.1) is 0 Å². The lowest BCUT2D eigenvalue weighted by molar-refractivity contribution is -0.140. The van der Waals surface area contributed by atoms with Crippen molar-refractivity contribution in [3.8, 4) is 0 Å². The van der Waals surface area contributed by atoms with Crippen molar-refractivity contribution in [2.45, 2.75) is 51.7 Å². The number of nitrogens with one attached hydrogen (secondary N) is 1. The van der Waals surface area contributed by atoms with Crippen molar-refractivity contribution in [3.05, 3.63) is 35.9 Å². The zero-order valence-corrected chi connectivity index (χ0v) is 13.7. The van der Waals surface area contributed by atoms with E-state index in [1.165, 1.54) is 0 Å². The molecule has 1 amide bonds. The molecule has 0 fully saturated rings. The van der Waals surface area contributed by atoms with E-state index in [0.29, 0.717) is 6.42 Å². The normalized spacial score (nSPS) is 12.3. The van der Waals surface area contributed by atoms with Gasteiger partial charge in [0, 0.05) is 12.5 Å². The average Bonchev–Trinajstić information content (AvgIpc) is 2.35. The van der Waals surface area contributed by atoms with Crippen molar-refractivity contribution in [1.29, 1.82) is 0 Å². The van der Waals surface area contributed by atoms with Gasteiger partial charge in [-0.3, -0.25) is 9.59 Å². The number of Topliss-reactive ketones (excluding diaryl/α,β-unsaturated/α-hetero) is 1. The Morgan fingerprint density at radius 1 is 1.17 bits per heavy atom. The first-order chi connectivity index (χ1) is 10.7. The maximum Gasteiger partial charge on any atom is 0.407 e. The van der Waals surface area contributed by atoms with Gasteiger partial charge in [0.2, 0.25) is 0 Å². The van der Waals surface area contributed by atoms with E-state index in [1.54, 1.807) is 20.8 Å². The highest BCUT2D eigenvalue weighted by molar-refractivity contribution is 5.95. The highest BCUT2D eigenvalue weighted by atomic mass is 16.6. The second kappa shape index (κ2) is 8.31. The quantitative estimate of drug-likeness (QED) is 0.753. The van der Waals surface area contributed by atoms with Gasteiger partial charge < -0.3 is 15.2 Å². The number of benzene rings is 1. The Hall–Kier alpha value is -2.37. The number of alkyl carbamates (subject to hydrolysis) is 1. The predicted molar refractivity (Wildman–Crippen MR) is 85.2 cm³/mol. The van der Waals surface area contributed by atoms with Crippen molar-refractivity contribution in [2.24, 2.45) is 0 Å². The van der Waals surface area contributed by atoms with Crippen LogP contribution in [-0.2, 0) is 20.7 Å². The van der Waals surface area contributed by atoms with Crippen LogP contribution in [0.1, 0.15) is 39.2 Å². The van der Waals surface area contributed by atoms with Crippen LogP contribution in [0.2, 0.25) is 0 Å². The summed E-state index contributed by atoms with van der Waals surface area (Å²) in [5, 5.41) is 11.3. The van der Waals surface area contributed by atoms with E-state index in [4.69, 9.17) is 9.84 Å². The molecule has 0 saturated carbocycles. The lowest BCUT2D eigenvalue weighted by atomic mass is 10.0. The average molecular weight is 321 g/mol. The predicted octanol–water partition coefficient (Wildman–Crippen LogP) is 2.56. The van der Waals surface area contributed by atoms with Gasteiger partial charge in [-0.2, -0.15) is 0 Å². The summed E-state index contributed by atoms with van der Waals surface area (Å²) in [7, 11) is 0. The number of rotatable bonds is 7. The highest BCUT2D eigenvalue weighted by Gasteiger charge is 2.22. The molecule has 1 atom stereocenters. The van der Waals surface area contributed by atoms with E-state index in [-0.39, 0.29) is 6.42 Å². The number of ketones is 1. The van der Waals surface area contributed by atoms with Gasteiger partial charge in [0.1, 0.15) is 17.8 Å². The molecular weight excluding hydrogens is 298 g/mol. The molecule has 0 aliphatic rings. The molecule has 1 aromatic carbocycles. The van der Waals surface area contributed by atoms with Gasteiger partial charge in [-0.25, -0.2) is 4.79 Å². The van der Waals surface area contributed by atoms with Crippen LogP contribution in [0.25, 0.3) is 0 Å². The second-order valence-corrected chi connectivity index (χ2v) is 6.35. The molecule has 0 aliphatic carbocycles. The number of carboxylic acids is 1. The first kappa shape index (κ1) is 18.7. The molecule has 1 rings (SSSR count). The smallest absolute Gasteiger partial charge is 0.407 e. The van der Waals surface area contributed by atoms with Crippen LogP contribution in [0.4, 0.5) is 4.79 Å². The fourth-order valence-corrected chi connectivity index (χ4v) is 2.06. The Bertz CT molecular complexity index is 548. The van der Waals surface area contributed by atoms with Crippen LogP contribution in [0, 0.1) is 0 Å². The minimum atomic E-state index is -1.18. The number of hydrogen-bond donors (Lipinski definition) is 2. The topological polar surface area (TPSA) is 92.7 Å². The van der Waals surface area contributed by atoms with E-state index in [2.05, 4.69) is 5.32 Å². The minimum absolute atomic E-state index is 0.0551. The van der Waals surface area contributed by atoms with Crippen LogP contribution in [0.5, 0.6) is 0 Å².